The molecule has 0 bridgehead atoms. The lowest BCUT2D eigenvalue weighted by molar-refractivity contribution is 0.245. The second-order valence-electron chi connectivity index (χ2n) is 6.30. The first-order valence-corrected chi connectivity index (χ1v) is 8.23. The van der Waals surface area contributed by atoms with Crippen molar-refractivity contribution in [1.29, 1.82) is 0 Å². The van der Waals surface area contributed by atoms with Gasteiger partial charge in [-0.3, -0.25) is 0 Å². The molecule has 0 saturated carbocycles. The number of thiazole rings is 1. The van der Waals surface area contributed by atoms with Crippen molar-refractivity contribution in [1.82, 2.24) is 10.3 Å². The predicted molar refractivity (Wildman–Crippen MR) is 84.9 cm³/mol. The predicted octanol–water partition coefficient (Wildman–Crippen LogP) is 4.51. The fourth-order valence-electron chi connectivity index (χ4n) is 3.28. The molecular formula is C17H22N2S. The Labute approximate surface area is 125 Å². The Morgan fingerprint density at radius 3 is 2.90 bits per heavy atom. The number of benzene rings is 1. The molecule has 1 N–H and O–H groups in total. The SMILES string of the molecule is CCC(NC1c2ccccc2CC1(C)C)c1nccs1. The van der Waals surface area contributed by atoms with E-state index in [-0.39, 0.29) is 5.41 Å². The summed E-state index contributed by atoms with van der Waals surface area (Å²) in [6, 6.07) is 9.60. The fourth-order valence-corrected chi connectivity index (χ4v) is 4.06. The number of aromatic nitrogens is 1. The van der Waals surface area contributed by atoms with Crippen LogP contribution in [0.1, 0.15) is 55.4 Å². The van der Waals surface area contributed by atoms with Gasteiger partial charge in [0.15, 0.2) is 0 Å². The summed E-state index contributed by atoms with van der Waals surface area (Å²) in [6.45, 7) is 6.95. The number of hydrogen-bond donors (Lipinski definition) is 1. The number of fused-ring (bicyclic) bond motifs is 1. The normalized spacial score (nSPS) is 21.6. The highest BCUT2D eigenvalue weighted by molar-refractivity contribution is 7.09. The van der Waals surface area contributed by atoms with E-state index in [0.717, 1.165) is 12.8 Å². The molecule has 1 aliphatic carbocycles. The molecule has 106 valence electrons. The summed E-state index contributed by atoms with van der Waals surface area (Å²) in [5.74, 6) is 0. The van der Waals surface area contributed by atoms with Crippen LogP contribution in [-0.2, 0) is 6.42 Å². The highest BCUT2D eigenvalue weighted by atomic mass is 32.1. The van der Waals surface area contributed by atoms with Crippen molar-refractivity contribution in [3.05, 3.63) is 52.0 Å². The standard InChI is InChI=1S/C17H22N2S/c1-4-14(16-18-9-10-20-16)19-15-13-8-6-5-7-12(13)11-17(15,2)3/h5-10,14-15,19H,4,11H2,1-3H3. The Kier molecular flexibility index (Phi) is 3.65. The summed E-state index contributed by atoms with van der Waals surface area (Å²) in [6.07, 6.45) is 4.12. The van der Waals surface area contributed by atoms with E-state index in [0.29, 0.717) is 12.1 Å². The van der Waals surface area contributed by atoms with E-state index in [1.165, 1.54) is 16.1 Å². The first kappa shape index (κ1) is 13.8. The highest BCUT2D eigenvalue weighted by Gasteiger charge is 2.39. The van der Waals surface area contributed by atoms with Crippen molar-refractivity contribution in [3.63, 3.8) is 0 Å². The van der Waals surface area contributed by atoms with Crippen molar-refractivity contribution in [2.75, 3.05) is 0 Å². The van der Waals surface area contributed by atoms with Crippen molar-refractivity contribution >= 4 is 11.3 Å². The van der Waals surface area contributed by atoms with Gasteiger partial charge in [-0.05, 0) is 29.4 Å². The van der Waals surface area contributed by atoms with Gasteiger partial charge in [0, 0.05) is 17.6 Å². The Hall–Kier alpha value is -1.19. The zero-order valence-electron chi connectivity index (χ0n) is 12.4. The summed E-state index contributed by atoms with van der Waals surface area (Å²) in [7, 11) is 0. The third-order valence-electron chi connectivity index (χ3n) is 4.32. The topological polar surface area (TPSA) is 24.9 Å². The van der Waals surface area contributed by atoms with E-state index in [9.17, 15) is 0 Å². The van der Waals surface area contributed by atoms with Gasteiger partial charge in [0.1, 0.15) is 5.01 Å². The van der Waals surface area contributed by atoms with Crippen LogP contribution in [0.15, 0.2) is 35.8 Å². The molecule has 1 aromatic carbocycles. The largest absolute Gasteiger partial charge is 0.300 e. The molecule has 2 aromatic rings. The van der Waals surface area contributed by atoms with Crippen LogP contribution in [0.5, 0.6) is 0 Å². The molecule has 1 aliphatic rings. The number of nitrogens with zero attached hydrogens (tertiary/aromatic N) is 1. The molecule has 20 heavy (non-hydrogen) atoms. The second-order valence-corrected chi connectivity index (χ2v) is 7.22. The van der Waals surface area contributed by atoms with Crippen molar-refractivity contribution in [2.45, 2.75) is 45.7 Å². The van der Waals surface area contributed by atoms with Gasteiger partial charge in [-0.2, -0.15) is 0 Å². The lowest BCUT2D eigenvalue weighted by Gasteiger charge is -2.31. The molecule has 0 spiro atoms. The van der Waals surface area contributed by atoms with Crippen molar-refractivity contribution in [2.24, 2.45) is 5.41 Å². The molecule has 0 saturated heterocycles. The lowest BCUT2D eigenvalue weighted by Crippen LogP contribution is -2.33. The van der Waals surface area contributed by atoms with E-state index < -0.39 is 0 Å². The molecule has 3 rings (SSSR count). The third kappa shape index (κ3) is 2.40. The van der Waals surface area contributed by atoms with Crippen molar-refractivity contribution < 1.29 is 0 Å². The molecule has 2 atom stereocenters. The van der Waals surface area contributed by atoms with E-state index in [1.807, 2.05) is 6.20 Å². The summed E-state index contributed by atoms with van der Waals surface area (Å²) in [5.41, 5.74) is 3.21. The van der Waals surface area contributed by atoms with Gasteiger partial charge in [-0.15, -0.1) is 11.3 Å². The van der Waals surface area contributed by atoms with Crippen LogP contribution in [0.2, 0.25) is 0 Å². The smallest absolute Gasteiger partial charge is 0.109 e. The van der Waals surface area contributed by atoms with Crippen LogP contribution < -0.4 is 5.32 Å². The van der Waals surface area contributed by atoms with E-state index in [2.05, 4.69) is 60.7 Å². The molecule has 1 heterocycles. The Balaban J connectivity index is 1.89. The molecule has 0 amide bonds. The zero-order valence-corrected chi connectivity index (χ0v) is 13.2. The first-order valence-electron chi connectivity index (χ1n) is 7.35. The average molecular weight is 286 g/mol. The quantitative estimate of drug-likeness (QED) is 0.894. The van der Waals surface area contributed by atoms with E-state index >= 15 is 0 Å². The average Bonchev–Trinajstić information content (AvgIpc) is 3.01. The fraction of sp³-hybridized carbons (Fsp3) is 0.471. The molecule has 3 heteroatoms. The van der Waals surface area contributed by atoms with Gasteiger partial charge in [0.2, 0.25) is 0 Å². The third-order valence-corrected chi connectivity index (χ3v) is 5.21. The molecule has 1 aromatic heterocycles. The van der Waals surface area contributed by atoms with Gasteiger partial charge in [0.25, 0.3) is 0 Å². The first-order chi connectivity index (χ1) is 9.62. The molecule has 0 fully saturated rings. The Bertz CT molecular complexity index is 574. The molecular weight excluding hydrogens is 264 g/mol. The van der Waals surface area contributed by atoms with Gasteiger partial charge in [-0.25, -0.2) is 4.98 Å². The minimum absolute atomic E-state index is 0.258. The van der Waals surface area contributed by atoms with Crippen LogP contribution in [0, 0.1) is 5.41 Å². The molecule has 2 nitrogen and oxygen atoms in total. The van der Waals surface area contributed by atoms with Crippen LogP contribution in [-0.4, -0.2) is 4.98 Å². The lowest BCUT2D eigenvalue weighted by atomic mass is 9.85. The van der Waals surface area contributed by atoms with Gasteiger partial charge in [0.05, 0.1) is 6.04 Å². The van der Waals surface area contributed by atoms with Gasteiger partial charge >= 0.3 is 0 Å². The monoisotopic (exact) mass is 286 g/mol. The maximum Gasteiger partial charge on any atom is 0.109 e. The maximum atomic E-state index is 4.49. The van der Waals surface area contributed by atoms with Crippen LogP contribution in [0.4, 0.5) is 0 Å². The Morgan fingerprint density at radius 1 is 1.40 bits per heavy atom. The molecule has 0 aliphatic heterocycles. The second kappa shape index (κ2) is 5.30. The van der Waals surface area contributed by atoms with Crippen LogP contribution >= 0.6 is 11.3 Å². The minimum Gasteiger partial charge on any atom is -0.300 e. The summed E-state index contributed by atoms with van der Waals surface area (Å²) >= 11 is 1.75. The molecule has 2 unspecified atom stereocenters. The summed E-state index contributed by atoms with van der Waals surface area (Å²) in [5, 5.41) is 7.13. The van der Waals surface area contributed by atoms with Gasteiger partial charge < -0.3 is 5.32 Å². The number of rotatable bonds is 4. The maximum absolute atomic E-state index is 4.49. The molecule has 0 radical (unpaired) electrons. The van der Waals surface area contributed by atoms with E-state index in [1.54, 1.807) is 11.3 Å². The van der Waals surface area contributed by atoms with Crippen LogP contribution in [0.25, 0.3) is 0 Å². The van der Waals surface area contributed by atoms with E-state index in [4.69, 9.17) is 0 Å². The van der Waals surface area contributed by atoms with Crippen molar-refractivity contribution in [3.8, 4) is 0 Å². The van der Waals surface area contributed by atoms with Gasteiger partial charge in [-0.1, -0.05) is 45.0 Å². The summed E-state index contributed by atoms with van der Waals surface area (Å²) < 4.78 is 0. The Morgan fingerprint density at radius 2 is 2.20 bits per heavy atom. The van der Waals surface area contributed by atoms with Crippen LogP contribution in [0.3, 0.4) is 0 Å². The number of hydrogen-bond acceptors (Lipinski definition) is 3. The minimum atomic E-state index is 0.258. The highest BCUT2D eigenvalue weighted by Crippen LogP contribution is 2.46. The zero-order chi connectivity index (χ0) is 14.2. The number of nitrogens with one attached hydrogen (secondary N) is 1. The summed E-state index contributed by atoms with van der Waals surface area (Å²) in [4.78, 5) is 4.49.